The smallest absolute Gasteiger partial charge is 0.336 e. The van der Waals surface area contributed by atoms with Gasteiger partial charge in [0.1, 0.15) is 5.58 Å². The standard InChI is InChI=1S/C29H26N2O4/c1-18(2)23-16-24-20(15-26(32)35-25(24)14-19(23)3)17-31-27(33)29(30-28(31)34,21-10-6-4-7-11-21)22-12-8-5-9-13-22/h4-16,18H,17H2,1-3H3,(H,30,34). The number of nitrogens with zero attached hydrogens (tertiary/aromatic N) is 1. The highest BCUT2D eigenvalue weighted by molar-refractivity contribution is 6.09. The van der Waals surface area contributed by atoms with Crippen LogP contribution in [-0.2, 0) is 16.9 Å². The lowest BCUT2D eigenvalue weighted by Crippen LogP contribution is -2.45. The quantitative estimate of drug-likeness (QED) is 0.323. The van der Waals surface area contributed by atoms with E-state index < -0.39 is 23.1 Å². The minimum absolute atomic E-state index is 0.0468. The Balaban J connectivity index is 1.63. The number of nitrogens with one attached hydrogen (secondary N) is 1. The van der Waals surface area contributed by atoms with Crippen LogP contribution in [0.15, 0.2) is 88.1 Å². The van der Waals surface area contributed by atoms with Crippen molar-refractivity contribution in [3.05, 3.63) is 117 Å². The predicted molar refractivity (Wildman–Crippen MR) is 134 cm³/mol. The summed E-state index contributed by atoms with van der Waals surface area (Å²) >= 11 is 0. The van der Waals surface area contributed by atoms with Gasteiger partial charge in [0.15, 0.2) is 5.54 Å². The lowest BCUT2D eigenvalue weighted by molar-refractivity contribution is -0.130. The van der Waals surface area contributed by atoms with Crippen molar-refractivity contribution in [2.45, 2.75) is 38.8 Å². The first kappa shape index (κ1) is 22.6. The molecule has 1 N–H and O–H groups in total. The molecule has 4 aromatic rings. The molecule has 1 aliphatic heterocycles. The van der Waals surface area contributed by atoms with Crippen LogP contribution in [0.3, 0.4) is 0 Å². The summed E-state index contributed by atoms with van der Waals surface area (Å²) in [6.45, 7) is 6.12. The normalized spacial score (nSPS) is 15.1. The Bertz CT molecular complexity index is 1450. The maximum absolute atomic E-state index is 14.0. The largest absolute Gasteiger partial charge is 0.423 e. The monoisotopic (exact) mass is 466 g/mol. The molecule has 3 amide bonds. The maximum atomic E-state index is 14.0. The number of hydrogen-bond donors (Lipinski definition) is 1. The summed E-state index contributed by atoms with van der Waals surface area (Å²) in [5, 5.41) is 3.68. The van der Waals surface area contributed by atoms with Crippen molar-refractivity contribution in [1.29, 1.82) is 0 Å². The SMILES string of the molecule is Cc1cc2oc(=O)cc(CN3C(=O)NC(c4ccccc4)(c4ccccc4)C3=O)c2cc1C(C)C. The second kappa shape index (κ2) is 8.55. The highest BCUT2D eigenvalue weighted by Gasteiger charge is 2.53. The van der Waals surface area contributed by atoms with E-state index in [0.717, 1.165) is 16.5 Å². The number of carbonyl (C=O) groups is 2. The van der Waals surface area contributed by atoms with Crippen LogP contribution in [0.4, 0.5) is 4.79 Å². The van der Waals surface area contributed by atoms with Crippen LogP contribution in [-0.4, -0.2) is 16.8 Å². The first-order chi connectivity index (χ1) is 16.8. The molecule has 6 nitrogen and oxygen atoms in total. The molecule has 1 fully saturated rings. The van der Waals surface area contributed by atoms with Crippen LogP contribution in [0.1, 0.15) is 47.6 Å². The Morgan fingerprint density at radius 3 is 2.06 bits per heavy atom. The van der Waals surface area contributed by atoms with E-state index in [1.54, 1.807) is 0 Å². The molecule has 3 aromatic carbocycles. The van der Waals surface area contributed by atoms with Gasteiger partial charge in [-0.3, -0.25) is 9.69 Å². The van der Waals surface area contributed by atoms with E-state index in [0.29, 0.717) is 22.3 Å². The molecule has 0 radical (unpaired) electrons. The molecule has 35 heavy (non-hydrogen) atoms. The third-order valence-corrected chi connectivity index (χ3v) is 6.69. The Hall–Kier alpha value is -4.19. The number of hydrogen-bond acceptors (Lipinski definition) is 4. The van der Waals surface area contributed by atoms with Gasteiger partial charge in [0.05, 0.1) is 6.54 Å². The molecule has 0 saturated carbocycles. The molecule has 0 bridgehead atoms. The van der Waals surface area contributed by atoms with Crippen molar-refractivity contribution in [2.24, 2.45) is 0 Å². The molecule has 1 aliphatic rings. The van der Waals surface area contributed by atoms with Crippen LogP contribution in [0, 0.1) is 6.92 Å². The van der Waals surface area contributed by atoms with E-state index in [1.165, 1.54) is 11.0 Å². The van der Waals surface area contributed by atoms with Crippen molar-refractivity contribution in [3.8, 4) is 0 Å². The van der Waals surface area contributed by atoms with Gasteiger partial charge in [0, 0.05) is 11.5 Å². The van der Waals surface area contributed by atoms with Crippen LogP contribution in [0.5, 0.6) is 0 Å². The minimum Gasteiger partial charge on any atom is -0.423 e. The van der Waals surface area contributed by atoms with E-state index >= 15 is 0 Å². The van der Waals surface area contributed by atoms with Gasteiger partial charge < -0.3 is 9.73 Å². The van der Waals surface area contributed by atoms with Crippen molar-refractivity contribution < 1.29 is 14.0 Å². The Labute approximate surface area is 203 Å². The fourth-order valence-electron chi connectivity index (χ4n) is 4.97. The zero-order valence-electron chi connectivity index (χ0n) is 19.9. The van der Waals surface area contributed by atoms with Gasteiger partial charge >= 0.3 is 11.7 Å². The average molecular weight is 467 g/mol. The minimum atomic E-state index is -1.35. The summed E-state index contributed by atoms with van der Waals surface area (Å²) in [6, 6.07) is 23.1. The van der Waals surface area contributed by atoms with E-state index in [4.69, 9.17) is 4.42 Å². The predicted octanol–water partition coefficient (Wildman–Crippen LogP) is 5.22. The van der Waals surface area contributed by atoms with Crippen LogP contribution >= 0.6 is 0 Å². The number of imide groups is 1. The molecule has 0 unspecified atom stereocenters. The van der Waals surface area contributed by atoms with Gasteiger partial charge in [-0.2, -0.15) is 0 Å². The fourth-order valence-corrected chi connectivity index (χ4v) is 4.97. The molecular formula is C29H26N2O4. The van der Waals surface area contributed by atoms with Crippen LogP contribution in [0.2, 0.25) is 0 Å². The zero-order chi connectivity index (χ0) is 24.7. The molecular weight excluding hydrogens is 440 g/mol. The van der Waals surface area contributed by atoms with Gasteiger partial charge in [-0.1, -0.05) is 74.5 Å². The molecule has 6 heteroatoms. The second-order valence-electron chi connectivity index (χ2n) is 9.25. The summed E-state index contributed by atoms with van der Waals surface area (Å²) in [5.74, 6) is -0.128. The molecule has 5 rings (SSSR count). The summed E-state index contributed by atoms with van der Waals surface area (Å²) in [7, 11) is 0. The van der Waals surface area contributed by atoms with Crippen LogP contribution < -0.4 is 10.9 Å². The topological polar surface area (TPSA) is 79.6 Å². The number of aryl methyl sites for hydroxylation is 1. The average Bonchev–Trinajstić information content (AvgIpc) is 3.10. The Morgan fingerprint density at radius 2 is 1.49 bits per heavy atom. The third kappa shape index (κ3) is 3.71. The number of benzene rings is 3. The Kier molecular flexibility index (Phi) is 5.52. The summed E-state index contributed by atoms with van der Waals surface area (Å²) < 4.78 is 5.46. The number of fused-ring (bicyclic) bond motifs is 1. The first-order valence-electron chi connectivity index (χ1n) is 11.6. The molecule has 0 atom stereocenters. The molecule has 1 aromatic heterocycles. The third-order valence-electron chi connectivity index (χ3n) is 6.69. The Morgan fingerprint density at radius 1 is 0.886 bits per heavy atom. The number of rotatable bonds is 5. The van der Waals surface area contributed by atoms with Gasteiger partial charge in [0.25, 0.3) is 5.91 Å². The first-order valence-corrected chi connectivity index (χ1v) is 11.6. The number of urea groups is 1. The van der Waals surface area contributed by atoms with E-state index in [-0.39, 0.29) is 12.5 Å². The van der Waals surface area contributed by atoms with Crippen molar-refractivity contribution >= 4 is 22.9 Å². The van der Waals surface area contributed by atoms with Gasteiger partial charge in [-0.25, -0.2) is 9.59 Å². The highest BCUT2D eigenvalue weighted by atomic mass is 16.4. The molecule has 2 heterocycles. The van der Waals surface area contributed by atoms with E-state index in [9.17, 15) is 14.4 Å². The summed E-state index contributed by atoms with van der Waals surface area (Å²) in [5.41, 5.74) is 2.62. The number of carbonyl (C=O) groups excluding carboxylic acids is 2. The molecule has 176 valence electrons. The van der Waals surface area contributed by atoms with Gasteiger partial charge in [-0.05, 0) is 52.8 Å². The summed E-state index contributed by atoms with van der Waals surface area (Å²) in [6.07, 6.45) is 0. The lowest BCUT2D eigenvalue weighted by atomic mass is 9.82. The van der Waals surface area contributed by atoms with Crippen molar-refractivity contribution in [1.82, 2.24) is 10.2 Å². The lowest BCUT2D eigenvalue weighted by Gasteiger charge is -2.28. The van der Waals surface area contributed by atoms with E-state index in [2.05, 4.69) is 19.2 Å². The van der Waals surface area contributed by atoms with E-state index in [1.807, 2.05) is 79.7 Å². The van der Waals surface area contributed by atoms with Gasteiger partial charge in [0.2, 0.25) is 0 Å². The maximum Gasteiger partial charge on any atom is 0.336 e. The second-order valence-corrected chi connectivity index (χ2v) is 9.25. The number of amides is 3. The molecule has 1 saturated heterocycles. The van der Waals surface area contributed by atoms with Crippen molar-refractivity contribution in [2.75, 3.05) is 0 Å². The highest BCUT2D eigenvalue weighted by Crippen LogP contribution is 2.37. The molecule has 0 aliphatic carbocycles. The fraction of sp³-hybridized carbons (Fsp3) is 0.207. The molecule has 0 spiro atoms. The van der Waals surface area contributed by atoms with Gasteiger partial charge in [-0.15, -0.1) is 0 Å². The van der Waals surface area contributed by atoms with Crippen molar-refractivity contribution in [3.63, 3.8) is 0 Å². The summed E-state index contributed by atoms with van der Waals surface area (Å²) in [4.78, 5) is 40.9. The van der Waals surface area contributed by atoms with Crippen LogP contribution in [0.25, 0.3) is 11.0 Å². The zero-order valence-corrected chi connectivity index (χ0v) is 19.9.